The van der Waals surface area contributed by atoms with Gasteiger partial charge in [0.15, 0.2) is 0 Å². The molecule has 0 fully saturated rings. The number of hydrogen-bond acceptors (Lipinski definition) is 2. The van der Waals surface area contributed by atoms with Crippen LogP contribution in [0.15, 0.2) is 0 Å². The molecule has 0 bridgehead atoms. The first-order valence-electron chi connectivity index (χ1n) is 4.10. The van der Waals surface area contributed by atoms with Crippen LogP contribution < -0.4 is 0 Å². The van der Waals surface area contributed by atoms with Crippen molar-refractivity contribution in [3.63, 3.8) is 0 Å². The van der Waals surface area contributed by atoms with Crippen molar-refractivity contribution >= 4 is 0 Å². The summed E-state index contributed by atoms with van der Waals surface area (Å²) in [5.74, 6) is 0. The highest BCUT2D eigenvalue weighted by molar-refractivity contribution is 4.38. The van der Waals surface area contributed by atoms with E-state index in [-0.39, 0.29) is 0 Å². The Morgan fingerprint density at radius 3 is 2.50 bits per heavy atom. The molecule has 2 heteroatoms. The maximum atomic E-state index is 8.43. The predicted octanol–water partition coefficient (Wildman–Crippen LogP) is 1.58. The summed E-state index contributed by atoms with van der Waals surface area (Å²) in [5, 5.41) is 8.43. The zero-order chi connectivity index (χ0) is 7.66. The van der Waals surface area contributed by atoms with Crippen molar-refractivity contribution in [2.24, 2.45) is 0 Å². The molecular weight excluding hydrogens is 128 g/mol. The Kier molecular flexibility index (Phi) is 8.85. The zero-order valence-corrected chi connectivity index (χ0v) is 6.81. The molecule has 1 N–H and O–H groups in total. The van der Waals surface area contributed by atoms with Gasteiger partial charge in [0, 0.05) is 19.8 Å². The lowest BCUT2D eigenvalue weighted by molar-refractivity contribution is 0.129. The smallest absolute Gasteiger partial charge is 0.0466 e. The number of rotatable bonds is 7. The van der Waals surface area contributed by atoms with E-state index in [1.54, 1.807) is 0 Å². The molecule has 62 valence electrons. The third-order valence-electron chi connectivity index (χ3n) is 1.30. The molecule has 0 aromatic carbocycles. The standard InChI is InChI=1S/C8H18O2/c1-2-7-10-8-5-3-4-6-9/h9H,2-8H2,1H3. The highest BCUT2D eigenvalue weighted by Gasteiger charge is 1.87. The van der Waals surface area contributed by atoms with Crippen LogP contribution in [0.1, 0.15) is 32.6 Å². The number of aliphatic hydroxyl groups excluding tert-OH is 1. The fraction of sp³-hybridized carbons (Fsp3) is 1.00. The summed E-state index contributed by atoms with van der Waals surface area (Å²) in [6.07, 6.45) is 4.18. The predicted molar refractivity (Wildman–Crippen MR) is 42.0 cm³/mol. The number of unbranched alkanes of at least 4 members (excludes halogenated alkanes) is 2. The molecule has 10 heavy (non-hydrogen) atoms. The molecule has 0 aromatic heterocycles. The van der Waals surface area contributed by atoms with Gasteiger partial charge in [0.2, 0.25) is 0 Å². The van der Waals surface area contributed by atoms with Crippen LogP contribution in [-0.2, 0) is 4.74 Å². The van der Waals surface area contributed by atoms with E-state index in [1.165, 1.54) is 0 Å². The fourth-order valence-electron chi connectivity index (χ4n) is 0.739. The monoisotopic (exact) mass is 146 g/mol. The molecule has 0 saturated heterocycles. The van der Waals surface area contributed by atoms with Gasteiger partial charge in [-0.1, -0.05) is 6.92 Å². The summed E-state index contributed by atoms with van der Waals surface area (Å²) >= 11 is 0. The van der Waals surface area contributed by atoms with Gasteiger partial charge in [-0.25, -0.2) is 0 Å². The highest BCUT2D eigenvalue weighted by Crippen LogP contribution is 1.94. The topological polar surface area (TPSA) is 29.5 Å². The third-order valence-corrected chi connectivity index (χ3v) is 1.30. The van der Waals surface area contributed by atoms with Gasteiger partial charge in [0.1, 0.15) is 0 Å². The van der Waals surface area contributed by atoms with Crippen molar-refractivity contribution in [2.75, 3.05) is 19.8 Å². The summed E-state index contributed by atoms with van der Waals surface area (Å²) in [6, 6.07) is 0. The first kappa shape index (κ1) is 9.92. The van der Waals surface area contributed by atoms with Crippen molar-refractivity contribution in [3.05, 3.63) is 0 Å². The van der Waals surface area contributed by atoms with Gasteiger partial charge >= 0.3 is 0 Å². The Morgan fingerprint density at radius 2 is 1.90 bits per heavy atom. The normalized spacial score (nSPS) is 10.2. The van der Waals surface area contributed by atoms with Crippen LogP contribution in [0.2, 0.25) is 0 Å². The van der Waals surface area contributed by atoms with E-state index in [0.717, 1.165) is 38.9 Å². The molecule has 0 saturated carbocycles. The van der Waals surface area contributed by atoms with E-state index in [9.17, 15) is 0 Å². The molecule has 0 heterocycles. The van der Waals surface area contributed by atoms with E-state index in [1.807, 2.05) is 0 Å². The minimum atomic E-state index is 0.313. The largest absolute Gasteiger partial charge is 0.396 e. The Balaban J connectivity index is 2.65. The lowest BCUT2D eigenvalue weighted by Gasteiger charge is -2.00. The Hall–Kier alpha value is -0.0800. The second-order valence-corrected chi connectivity index (χ2v) is 2.40. The minimum Gasteiger partial charge on any atom is -0.396 e. The second-order valence-electron chi connectivity index (χ2n) is 2.40. The van der Waals surface area contributed by atoms with E-state index in [0.29, 0.717) is 6.61 Å². The molecule has 0 atom stereocenters. The van der Waals surface area contributed by atoms with Crippen LogP contribution in [0, 0.1) is 0 Å². The maximum Gasteiger partial charge on any atom is 0.0466 e. The van der Waals surface area contributed by atoms with Gasteiger partial charge in [-0.2, -0.15) is 0 Å². The zero-order valence-electron chi connectivity index (χ0n) is 6.81. The Morgan fingerprint density at radius 1 is 1.10 bits per heavy atom. The van der Waals surface area contributed by atoms with Crippen molar-refractivity contribution in [1.82, 2.24) is 0 Å². The lowest BCUT2D eigenvalue weighted by atomic mass is 10.2. The third kappa shape index (κ3) is 7.92. The first-order valence-corrected chi connectivity index (χ1v) is 4.10. The molecule has 2 nitrogen and oxygen atoms in total. The molecule has 0 aliphatic rings. The molecule has 0 rings (SSSR count). The van der Waals surface area contributed by atoms with Crippen LogP contribution in [0.25, 0.3) is 0 Å². The fourth-order valence-corrected chi connectivity index (χ4v) is 0.739. The number of hydrogen-bond donors (Lipinski definition) is 1. The first-order chi connectivity index (χ1) is 4.91. The van der Waals surface area contributed by atoms with Gasteiger partial charge in [-0.15, -0.1) is 0 Å². The lowest BCUT2D eigenvalue weighted by Crippen LogP contribution is -1.95. The van der Waals surface area contributed by atoms with Crippen molar-refractivity contribution < 1.29 is 9.84 Å². The molecule has 0 aliphatic carbocycles. The average molecular weight is 146 g/mol. The van der Waals surface area contributed by atoms with Gasteiger partial charge in [0.05, 0.1) is 0 Å². The molecule has 0 aliphatic heterocycles. The quantitative estimate of drug-likeness (QED) is 0.552. The molecular formula is C8H18O2. The summed E-state index contributed by atoms with van der Waals surface area (Å²) in [7, 11) is 0. The maximum absolute atomic E-state index is 8.43. The van der Waals surface area contributed by atoms with E-state index < -0.39 is 0 Å². The number of aliphatic hydroxyl groups is 1. The summed E-state index contributed by atoms with van der Waals surface area (Å²) < 4.78 is 5.25. The van der Waals surface area contributed by atoms with Crippen LogP contribution in [-0.4, -0.2) is 24.9 Å². The molecule has 0 amide bonds. The van der Waals surface area contributed by atoms with E-state index in [4.69, 9.17) is 9.84 Å². The number of ether oxygens (including phenoxy) is 1. The van der Waals surface area contributed by atoms with Gasteiger partial charge in [-0.05, 0) is 25.7 Å². The highest BCUT2D eigenvalue weighted by atomic mass is 16.5. The van der Waals surface area contributed by atoms with Gasteiger partial charge < -0.3 is 9.84 Å². The molecule has 0 unspecified atom stereocenters. The van der Waals surface area contributed by atoms with E-state index >= 15 is 0 Å². The minimum absolute atomic E-state index is 0.313. The average Bonchev–Trinajstić information content (AvgIpc) is 1.97. The second kappa shape index (κ2) is 8.92. The Bertz CT molecular complexity index is 47.2. The van der Waals surface area contributed by atoms with Crippen molar-refractivity contribution in [2.45, 2.75) is 32.6 Å². The Labute approximate surface area is 63.2 Å². The summed E-state index contributed by atoms with van der Waals surface area (Å²) in [6.45, 7) is 4.15. The summed E-state index contributed by atoms with van der Waals surface area (Å²) in [5.41, 5.74) is 0. The SMILES string of the molecule is CCCOCCCCCO. The molecule has 0 radical (unpaired) electrons. The van der Waals surface area contributed by atoms with Crippen LogP contribution in [0.3, 0.4) is 0 Å². The van der Waals surface area contributed by atoms with Gasteiger partial charge in [0.25, 0.3) is 0 Å². The molecule has 0 aromatic rings. The van der Waals surface area contributed by atoms with Crippen molar-refractivity contribution in [3.8, 4) is 0 Å². The van der Waals surface area contributed by atoms with Crippen molar-refractivity contribution in [1.29, 1.82) is 0 Å². The van der Waals surface area contributed by atoms with E-state index in [2.05, 4.69) is 6.92 Å². The molecule has 0 spiro atoms. The van der Waals surface area contributed by atoms with Crippen LogP contribution >= 0.6 is 0 Å². The van der Waals surface area contributed by atoms with Gasteiger partial charge in [-0.3, -0.25) is 0 Å². The summed E-state index contributed by atoms with van der Waals surface area (Å²) in [4.78, 5) is 0. The van der Waals surface area contributed by atoms with Crippen LogP contribution in [0.4, 0.5) is 0 Å². The van der Waals surface area contributed by atoms with Crippen LogP contribution in [0.5, 0.6) is 0 Å².